The number of sulfonamides is 1. The molecule has 3 aromatic heterocycles. The number of halogens is 1. The first-order chi connectivity index (χ1) is 16.7. The lowest BCUT2D eigenvalue weighted by atomic mass is 10.0. The second kappa shape index (κ2) is 8.27. The van der Waals surface area contributed by atoms with Gasteiger partial charge >= 0.3 is 0 Å². The maximum atomic E-state index is 13.5. The molecule has 0 aliphatic carbocycles. The SMILES string of the molecule is CCS(=O)(=O)Nc1cc(-c2cn(C)c3c(O)nccc23)cc2c1cnn2Cc1ccc(F)cc1O. The van der Waals surface area contributed by atoms with Gasteiger partial charge in [0.2, 0.25) is 15.9 Å². The fraction of sp³-hybridized carbons (Fsp3) is 0.167. The summed E-state index contributed by atoms with van der Waals surface area (Å²) >= 11 is 0. The Kier molecular flexibility index (Phi) is 5.36. The first-order valence-corrected chi connectivity index (χ1v) is 12.4. The van der Waals surface area contributed by atoms with Crippen LogP contribution in [0.15, 0.2) is 55.0 Å². The monoisotopic (exact) mass is 495 g/mol. The molecule has 2 aromatic carbocycles. The number of pyridine rings is 1. The van der Waals surface area contributed by atoms with Gasteiger partial charge in [0.05, 0.1) is 29.7 Å². The van der Waals surface area contributed by atoms with Crippen LogP contribution in [0.2, 0.25) is 0 Å². The summed E-state index contributed by atoms with van der Waals surface area (Å²) in [6.45, 7) is 1.68. The van der Waals surface area contributed by atoms with E-state index < -0.39 is 15.8 Å². The molecule has 0 atom stereocenters. The first kappa shape index (κ1) is 22.7. The fourth-order valence-corrected chi connectivity index (χ4v) is 4.83. The number of fused-ring (bicyclic) bond motifs is 2. The number of hydrogen-bond acceptors (Lipinski definition) is 6. The molecule has 0 fully saturated rings. The molecule has 11 heteroatoms. The molecule has 3 heterocycles. The number of aryl methyl sites for hydroxylation is 1. The highest BCUT2D eigenvalue weighted by atomic mass is 32.2. The number of rotatable bonds is 6. The van der Waals surface area contributed by atoms with E-state index >= 15 is 0 Å². The molecule has 3 N–H and O–H groups in total. The molecular weight excluding hydrogens is 473 g/mol. The molecular formula is C24H22FN5O4S. The molecule has 0 radical (unpaired) electrons. The lowest BCUT2D eigenvalue weighted by molar-refractivity contribution is 0.457. The Morgan fingerprint density at radius 3 is 2.66 bits per heavy atom. The molecule has 5 aromatic rings. The van der Waals surface area contributed by atoms with Crippen molar-refractivity contribution in [2.24, 2.45) is 7.05 Å². The van der Waals surface area contributed by atoms with Gasteiger partial charge < -0.3 is 14.8 Å². The molecule has 0 unspecified atom stereocenters. The van der Waals surface area contributed by atoms with Gasteiger partial charge in [0.1, 0.15) is 17.1 Å². The van der Waals surface area contributed by atoms with Crippen molar-refractivity contribution < 1.29 is 23.0 Å². The Balaban J connectivity index is 1.73. The van der Waals surface area contributed by atoms with Crippen LogP contribution in [0, 0.1) is 5.82 Å². The number of nitrogens with one attached hydrogen (secondary N) is 1. The molecule has 0 saturated carbocycles. The van der Waals surface area contributed by atoms with Crippen molar-refractivity contribution in [2.45, 2.75) is 13.5 Å². The van der Waals surface area contributed by atoms with Gasteiger partial charge in [0.15, 0.2) is 0 Å². The number of phenols is 1. The Labute approximate surface area is 200 Å². The maximum Gasteiger partial charge on any atom is 0.236 e. The number of aromatic nitrogens is 4. The van der Waals surface area contributed by atoms with Crippen molar-refractivity contribution in [3.8, 4) is 22.8 Å². The number of nitrogens with zero attached hydrogens (tertiary/aromatic N) is 4. The summed E-state index contributed by atoms with van der Waals surface area (Å²) < 4.78 is 44.3. The molecule has 9 nitrogen and oxygen atoms in total. The van der Waals surface area contributed by atoms with Crippen LogP contribution in [0.25, 0.3) is 32.9 Å². The van der Waals surface area contributed by atoms with Crippen molar-refractivity contribution in [1.82, 2.24) is 19.3 Å². The van der Waals surface area contributed by atoms with Gasteiger partial charge in [-0.3, -0.25) is 9.40 Å². The fourth-order valence-electron chi connectivity index (χ4n) is 4.18. The second-order valence-corrected chi connectivity index (χ2v) is 10.2. The molecule has 35 heavy (non-hydrogen) atoms. The van der Waals surface area contributed by atoms with Crippen LogP contribution in [-0.2, 0) is 23.6 Å². The van der Waals surface area contributed by atoms with Crippen molar-refractivity contribution in [3.05, 3.63) is 66.4 Å². The quantitative estimate of drug-likeness (QED) is 0.328. The van der Waals surface area contributed by atoms with Crippen LogP contribution in [0.1, 0.15) is 12.5 Å². The molecule has 0 amide bonds. The minimum absolute atomic E-state index is 0.107. The zero-order valence-electron chi connectivity index (χ0n) is 18.9. The number of hydrogen-bond donors (Lipinski definition) is 3. The summed E-state index contributed by atoms with van der Waals surface area (Å²) in [7, 11) is -1.81. The van der Waals surface area contributed by atoms with Gasteiger partial charge in [-0.2, -0.15) is 5.10 Å². The van der Waals surface area contributed by atoms with E-state index in [0.29, 0.717) is 33.2 Å². The topological polar surface area (TPSA) is 122 Å². The largest absolute Gasteiger partial charge is 0.507 e. The molecule has 5 rings (SSSR count). The van der Waals surface area contributed by atoms with Gasteiger partial charge in [-0.15, -0.1) is 0 Å². The van der Waals surface area contributed by atoms with E-state index in [-0.39, 0.29) is 23.9 Å². The standard InChI is InChI=1S/C24H22FN5O4S/c1-3-35(33,34)28-20-8-15(19-13-29(2)23-17(19)6-7-26-24(23)32)9-21-18(20)11-27-30(21)12-14-4-5-16(25)10-22(14)31/h4-11,13,28,31H,3,12H2,1-2H3,(H,26,32). The maximum absolute atomic E-state index is 13.5. The summed E-state index contributed by atoms with van der Waals surface area (Å²) in [6, 6.07) is 9.12. The van der Waals surface area contributed by atoms with E-state index in [9.17, 15) is 23.0 Å². The third-order valence-corrected chi connectivity index (χ3v) is 7.25. The van der Waals surface area contributed by atoms with Crippen LogP contribution in [0.3, 0.4) is 0 Å². The molecule has 0 spiro atoms. The number of phenolic OH excluding ortho intramolecular Hbond substituents is 1. The highest BCUT2D eigenvalue weighted by Gasteiger charge is 2.19. The normalized spacial score (nSPS) is 12.0. The molecule has 0 aliphatic heterocycles. The van der Waals surface area contributed by atoms with Crippen LogP contribution in [0.5, 0.6) is 11.6 Å². The molecule has 180 valence electrons. The van der Waals surface area contributed by atoms with E-state index in [2.05, 4.69) is 14.8 Å². The van der Waals surface area contributed by atoms with Gasteiger partial charge in [0.25, 0.3) is 0 Å². The van der Waals surface area contributed by atoms with E-state index in [1.165, 1.54) is 18.3 Å². The van der Waals surface area contributed by atoms with Gasteiger partial charge in [0, 0.05) is 47.4 Å². The summed E-state index contributed by atoms with van der Waals surface area (Å²) in [5, 5.41) is 26.1. The Morgan fingerprint density at radius 2 is 1.91 bits per heavy atom. The lowest BCUT2D eigenvalue weighted by Gasteiger charge is -2.12. The predicted molar refractivity (Wildman–Crippen MR) is 131 cm³/mol. The van der Waals surface area contributed by atoms with Crippen molar-refractivity contribution >= 4 is 37.5 Å². The lowest BCUT2D eigenvalue weighted by Crippen LogP contribution is -2.14. The van der Waals surface area contributed by atoms with E-state index in [1.54, 1.807) is 41.5 Å². The average Bonchev–Trinajstić information content (AvgIpc) is 3.37. The smallest absolute Gasteiger partial charge is 0.236 e. The highest BCUT2D eigenvalue weighted by molar-refractivity contribution is 7.92. The predicted octanol–water partition coefficient (Wildman–Crippen LogP) is 3.95. The second-order valence-electron chi connectivity index (χ2n) is 8.22. The van der Waals surface area contributed by atoms with Crippen molar-refractivity contribution in [3.63, 3.8) is 0 Å². The van der Waals surface area contributed by atoms with Gasteiger partial charge in [-0.05, 0) is 36.8 Å². The molecule has 0 aliphatic rings. The zero-order valence-corrected chi connectivity index (χ0v) is 19.7. The Hall–Kier alpha value is -4.12. The minimum atomic E-state index is -3.59. The van der Waals surface area contributed by atoms with E-state index in [1.807, 2.05) is 12.3 Å². The minimum Gasteiger partial charge on any atom is -0.507 e. The highest BCUT2D eigenvalue weighted by Crippen LogP contribution is 2.38. The zero-order chi connectivity index (χ0) is 24.9. The van der Waals surface area contributed by atoms with Crippen LogP contribution < -0.4 is 4.72 Å². The third kappa shape index (κ3) is 4.03. The van der Waals surface area contributed by atoms with Crippen LogP contribution in [0.4, 0.5) is 10.1 Å². The third-order valence-electron chi connectivity index (χ3n) is 5.96. The summed E-state index contributed by atoms with van der Waals surface area (Å²) in [5.74, 6) is -0.969. The van der Waals surface area contributed by atoms with Crippen LogP contribution in [-0.4, -0.2) is 43.7 Å². The summed E-state index contributed by atoms with van der Waals surface area (Å²) in [6.07, 6.45) is 4.88. The van der Waals surface area contributed by atoms with Gasteiger partial charge in [-0.1, -0.05) is 6.07 Å². The van der Waals surface area contributed by atoms with Crippen molar-refractivity contribution in [1.29, 1.82) is 0 Å². The molecule has 0 saturated heterocycles. The van der Waals surface area contributed by atoms with E-state index in [4.69, 9.17) is 0 Å². The van der Waals surface area contributed by atoms with E-state index in [0.717, 1.165) is 17.0 Å². The van der Waals surface area contributed by atoms with Gasteiger partial charge in [-0.25, -0.2) is 17.8 Å². The van der Waals surface area contributed by atoms with Crippen LogP contribution >= 0.6 is 0 Å². The van der Waals surface area contributed by atoms with Crippen molar-refractivity contribution in [2.75, 3.05) is 10.5 Å². The number of aromatic hydroxyl groups is 2. The Bertz CT molecular complexity index is 1710. The molecule has 0 bridgehead atoms. The Morgan fingerprint density at radius 1 is 1.11 bits per heavy atom. The first-order valence-electron chi connectivity index (χ1n) is 10.8. The summed E-state index contributed by atoms with van der Waals surface area (Å²) in [4.78, 5) is 3.95. The summed E-state index contributed by atoms with van der Waals surface area (Å²) in [5.41, 5.74) is 3.41. The number of benzene rings is 2. The number of anilines is 1. The average molecular weight is 496 g/mol.